The zero-order valence-electron chi connectivity index (χ0n) is 11.2. The van der Waals surface area contributed by atoms with E-state index >= 15 is 0 Å². The van der Waals surface area contributed by atoms with Crippen molar-refractivity contribution in [3.8, 4) is 11.8 Å². The number of rotatable bonds is 7. The summed E-state index contributed by atoms with van der Waals surface area (Å²) in [6, 6.07) is 0. The van der Waals surface area contributed by atoms with Crippen molar-refractivity contribution in [2.24, 2.45) is 0 Å². The lowest BCUT2D eigenvalue weighted by Gasteiger charge is -2.14. The summed E-state index contributed by atoms with van der Waals surface area (Å²) in [6.45, 7) is 5.31. The van der Waals surface area contributed by atoms with Gasteiger partial charge in [0.1, 0.15) is 0 Å². The van der Waals surface area contributed by atoms with E-state index in [1.54, 1.807) is 4.90 Å². The molecule has 0 saturated carbocycles. The Bertz CT molecular complexity index is 402. The Morgan fingerprint density at radius 3 is 2.33 bits per heavy atom. The molecule has 0 fully saturated rings. The highest BCUT2D eigenvalue weighted by atomic mass is 32.2. The van der Waals surface area contributed by atoms with Crippen LogP contribution in [0.1, 0.15) is 33.1 Å². The number of carbonyl (C=O) groups excluding carboxylic acids is 1. The highest BCUT2D eigenvalue weighted by Gasteiger charge is 2.04. The first-order chi connectivity index (χ1) is 8.40. The van der Waals surface area contributed by atoms with E-state index in [1.165, 1.54) is 0 Å². The summed E-state index contributed by atoms with van der Waals surface area (Å²) in [6.07, 6.45) is 2.92. The molecule has 0 aliphatic rings. The largest absolute Gasteiger partial charge is 0.332 e. The molecule has 0 rings (SSSR count). The van der Waals surface area contributed by atoms with Gasteiger partial charge in [-0.15, -0.1) is 0 Å². The third-order valence-corrected chi connectivity index (χ3v) is 2.83. The summed E-state index contributed by atoms with van der Waals surface area (Å²) in [4.78, 5) is 13.1. The Morgan fingerprint density at radius 2 is 1.83 bits per heavy atom. The van der Waals surface area contributed by atoms with E-state index < -0.39 is 10.1 Å². The molecule has 0 saturated heterocycles. The highest BCUT2D eigenvalue weighted by Crippen LogP contribution is 1.97. The minimum absolute atomic E-state index is 0.160. The zero-order chi connectivity index (χ0) is 14.0. The minimum Gasteiger partial charge on any atom is -0.332 e. The lowest BCUT2D eigenvalue weighted by atomic mass is 10.2. The molecule has 6 heteroatoms. The Hall–Kier alpha value is -1.06. The van der Waals surface area contributed by atoms with Crippen LogP contribution < -0.4 is 0 Å². The summed E-state index contributed by atoms with van der Waals surface area (Å²) >= 11 is 0. The molecule has 18 heavy (non-hydrogen) atoms. The topological polar surface area (TPSA) is 63.7 Å². The summed E-state index contributed by atoms with van der Waals surface area (Å²) in [7, 11) is -3.35. The van der Waals surface area contributed by atoms with Crippen LogP contribution in [0.4, 0.5) is 0 Å². The first-order valence-corrected chi connectivity index (χ1v) is 7.84. The van der Waals surface area contributed by atoms with Crippen molar-refractivity contribution in [1.82, 2.24) is 4.90 Å². The minimum atomic E-state index is -3.35. The predicted octanol–water partition coefficient (Wildman–Crippen LogP) is 1.00. The number of carbonyl (C=O) groups is 1. The van der Waals surface area contributed by atoms with Gasteiger partial charge in [-0.2, -0.15) is 8.42 Å². The van der Waals surface area contributed by atoms with Gasteiger partial charge in [0.15, 0.2) is 0 Å². The van der Waals surface area contributed by atoms with Crippen LogP contribution in [0.25, 0.3) is 0 Å². The fourth-order valence-electron chi connectivity index (χ4n) is 1.25. The van der Waals surface area contributed by atoms with Gasteiger partial charge >= 0.3 is 0 Å². The van der Waals surface area contributed by atoms with Gasteiger partial charge in [-0.1, -0.05) is 5.92 Å². The molecule has 0 aromatic heterocycles. The maximum Gasteiger partial charge on any atom is 0.298 e. The monoisotopic (exact) mass is 275 g/mol. The second-order valence-electron chi connectivity index (χ2n) is 3.76. The van der Waals surface area contributed by atoms with Crippen LogP contribution >= 0.6 is 0 Å². The van der Waals surface area contributed by atoms with Crippen LogP contribution in [-0.2, 0) is 19.1 Å². The molecular formula is C12H21NO4S. The van der Waals surface area contributed by atoms with Crippen LogP contribution in [0.3, 0.4) is 0 Å². The number of amides is 1. The van der Waals surface area contributed by atoms with Gasteiger partial charge in [0.2, 0.25) is 0 Å². The molecule has 0 aromatic carbocycles. The molecule has 0 radical (unpaired) electrons. The zero-order valence-corrected chi connectivity index (χ0v) is 12.0. The van der Waals surface area contributed by atoms with Gasteiger partial charge < -0.3 is 4.90 Å². The highest BCUT2D eigenvalue weighted by molar-refractivity contribution is 7.85. The van der Waals surface area contributed by atoms with E-state index in [0.717, 1.165) is 6.26 Å². The van der Waals surface area contributed by atoms with Crippen molar-refractivity contribution >= 4 is 16.0 Å². The van der Waals surface area contributed by atoms with E-state index in [9.17, 15) is 13.2 Å². The molecule has 104 valence electrons. The number of unbranched alkanes of at least 4 members (excludes halogenated alkanes) is 2. The Labute approximate surface area is 110 Å². The molecule has 0 aliphatic heterocycles. The quantitative estimate of drug-likeness (QED) is 0.395. The first-order valence-electron chi connectivity index (χ1n) is 6.02. The summed E-state index contributed by atoms with van der Waals surface area (Å²) in [5.41, 5.74) is 0. The molecule has 5 nitrogen and oxygen atoms in total. The normalized spacial score (nSPS) is 10.6. The molecule has 0 aliphatic carbocycles. The summed E-state index contributed by atoms with van der Waals surface area (Å²) in [5, 5.41) is 0. The molecule has 1 amide bonds. The fraction of sp³-hybridized carbons (Fsp3) is 0.750. The van der Waals surface area contributed by atoms with Gasteiger partial charge in [-0.05, 0) is 32.6 Å². The van der Waals surface area contributed by atoms with Crippen LogP contribution in [0.2, 0.25) is 0 Å². The molecule has 0 heterocycles. The van der Waals surface area contributed by atoms with E-state index in [2.05, 4.69) is 16.0 Å². The van der Waals surface area contributed by atoms with Crippen LogP contribution in [0, 0.1) is 11.8 Å². The van der Waals surface area contributed by atoms with Crippen molar-refractivity contribution in [1.29, 1.82) is 0 Å². The van der Waals surface area contributed by atoms with E-state index in [-0.39, 0.29) is 12.5 Å². The Balaban J connectivity index is 3.76. The standard InChI is InChI=1S/C12H21NO4S/c1-4-13(5-2)12(14)10-8-6-7-9-11-17-18(3,15)16/h4-7,9,11H2,1-3H3. The van der Waals surface area contributed by atoms with Crippen LogP contribution in [-0.4, -0.2) is 45.2 Å². The van der Waals surface area contributed by atoms with Gasteiger partial charge in [0.05, 0.1) is 12.9 Å². The predicted molar refractivity (Wildman–Crippen MR) is 70.4 cm³/mol. The maximum atomic E-state index is 11.5. The van der Waals surface area contributed by atoms with Crippen molar-refractivity contribution in [2.45, 2.75) is 33.1 Å². The summed E-state index contributed by atoms with van der Waals surface area (Å²) < 4.78 is 25.9. The molecule has 0 atom stereocenters. The molecule has 0 aromatic rings. The Kier molecular flexibility index (Phi) is 8.42. The lowest BCUT2D eigenvalue weighted by Crippen LogP contribution is -2.29. The van der Waals surface area contributed by atoms with E-state index in [0.29, 0.717) is 32.4 Å². The average Bonchev–Trinajstić information content (AvgIpc) is 2.28. The van der Waals surface area contributed by atoms with Gasteiger partial charge in [0, 0.05) is 19.5 Å². The van der Waals surface area contributed by atoms with Crippen molar-refractivity contribution in [2.75, 3.05) is 26.0 Å². The van der Waals surface area contributed by atoms with Crippen molar-refractivity contribution in [3.63, 3.8) is 0 Å². The van der Waals surface area contributed by atoms with Crippen molar-refractivity contribution < 1.29 is 17.4 Å². The molecule has 0 unspecified atom stereocenters. The maximum absolute atomic E-state index is 11.5. The number of hydrogen-bond donors (Lipinski definition) is 0. The fourth-order valence-corrected chi connectivity index (χ4v) is 1.67. The molecule has 0 spiro atoms. The Morgan fingerprint density at radius 1 is 1.22 bits per heavy atom. The van der Waals surface area contributed by atoms with Gasteiger partial charge in [-0.25, -0.2) is 0 Å². The molecular weight excluding hydrogens is 254 g/mol. The van der Waals surface area contributed by atoms with Crippen LogP contribution in [0.15, 0.2) is 0 Å². The second kappa shape index (κ2) is 8.95. The lowest BCUT2D eigenvalue weighted by molar-refractivity contribution is -0.124. The van der Waals surface area contributed by atoms with E-state index in [1.807, 2.05) is 13.8 Å². The van der Waals surface area contributed by atoms with Crippen LogP contribution in [0.5, 0.6) is 0 Å². The smallest absolute Gasteiger partial charge is 0.298 e. The first kappa shape index (κ1) is 16.9. The average molecular weight is 275 g/mol. The number of nitrogens with zero attached hydrogens (tertiary/aromatic N) is 1. The van der Waals surface area contributed by atoms with Crippen molar-refractivity contribution in [3.05, 3.63) is 0 Å². The number of hydrogen-bond acceptors (Lipinski definition) is 4. The third-order valence-electron chi connectivity index (χ3n) is 2.24. The third kappa shape index (κ3) is 9.02. The summed E-state index contributed by atoms with van der Waals surface area (Å²) in [5.74, 6) is 5.20. The van der Waals surface area contributed by atoms with E-state index in [4.69, 9.17) is 0 Å². The molecule has 0 bridgehead atoms. The second-order valence-corrected chi connectivity index (χ2v) is 5.41. The van der Waals surface area contributed by atoms with Gasteiger partial charge in [0.25, 0.3) is 16.0 Å². The van der Waals surface area contributed by atoms with Gasteiger partial charge in [-0.3, -0.25) is 8.98 Å². The molecule has 0 N–H and O–H groups in total. The SMILES string of the molecule is CCN(CC)C(=O)C#CCCCCOS(C)(=O)=O.